The molecule has 166 valence electrons. The molecule has 1 aromatic heterocycles. The van der Waals surface area contributed by atoms with E-state index in [4.69, 9.17) is 19.9 Å². The molecule has 0 aliphatic heterocycles. The summed E-state index contributed by atoms with van der Waals surface area (Å²) in [7, 11) is 1.58. The average molecular weight is 421 g/mol. The molecule has 0 radical (unpaired) electrons. The standard InChI is InChI=1S/C21H31N3O6/c1-20(2,3)30-19(27)21(13-28-4)9-7-15(8-10-21)29-17-6-5-14(12-23-17)24-18(26)16(25)11-22/h5-6,12,15H,7-11,13,22H2,1-4H3,(H,24,26). The molecule has 2 rings (SSSR count). The number of rotatable bonds is 8. The Hall–Kier alpha value is -2.52. The Morgan fingerprint density at radius 1 is 1.23 bits per heavy atom. The Morgan fingerprint density at radius 3 is 2.40 bits per heavy atom. The van der Waals surface area contributed by atoms with Crippen LogP contribution >= 0.6 is 0 Å². The largest absolute Gasteiger partial charge is 0.474 e. The van der Waals surface area contributed by atoms with E-state index in [-0.39, 0.29) is 18.6 Å². The molecule has 0 spiro atoms. The van der Waals surface area contributed by atoms with Crippen molar-refractivity contribution in [2.24, 2.45) is 11.1 Å². The number of aromatic nitrogens is 1. The zero-order chi connectivity index (χ0) is 22.4. The maximum absolute atomic E-state index is 12.8. The van der Waals surface area contributed by atoms with E-state index in [1.54, 1.807) is 19.2 Å². The summed E-state index contributed by atoms with van der Waals surface area (Å²) in [4.78, 5) is 39.7. The molecule has 0 bridgehead atoms. The first-order valence-electron chi connectivity index (χ1n) is 9.98. The third kappa shape index (κ3) is 6.50. The number of pyridine rings is 1. The van der Waals surface area contributed by atoms with Crippen LogP contribution in [0.3, 0.4) is 0 Å². The Bertz CT molecular complexity index is 749. The van der Waals surface area contributed by atoms with E-state index in [2.05, 4.69) is 10.3 Å². The number of ether oxygens (including phenoxy) is 3. The third-order valence-electron chi connectivity index (χ3n) is 4.86. The molecule has 0 unspecified atom stereocenters. The van der Waals surface area contributed by atoms with Crippen molar-refractivity contribution >= 4 is 23.3 Å². The van der Waals surface area contributed by atoms with Crippen molar-refractivity contribution in [3.05, 3.63) is 18.3 Å². The van der Waals surface area contributed by atoms with Crippen molar-refractivity contribution in [2.75, 3.05) is 25.6 Å². The van der Waals surface area contributed by atoms with Crippen molar-refractivity contribution < 1.29 is 28.6 Å². The number of nitrogens with one attached hydrogen (secondary N) is 1. The minimum absolute atomic E-state index is 0.0934. The van der Waals surface area contributed by atoms with Crippen LogP contribution in [0.15, 0.2) is 18.3 Å². The molecule has 1 amide bonds. The molecule has 9 nitrogen and oxygen atoms in total. The summed E-state index contributed by atoms with van der Waals surface area (Å²) < 4.78 is 16.9. The number of hydrogen-bond donors (Lipinski definition) is 2. The van der Waals surface area contributed by atoms with Crippen LogP contribution in [0.25, 0.3) is 0 Å². The normalized spacial score (nSPS) is 21.6. The van der Waals surface area contributed by atoms with Gasteiger partial charge in [-0.25, -0.2) is 4.98 Å². The predicted molar refractivity (Wildman–Crippen MR) is 110 cm³/mol. The number of nitrogens with zero attached hydrogens (tertiary/aromatic N) is 1. The molecule has 0 saturated heterocycles. The van der Waals surface area contributed by atoms with Crippen molar-refractivity contribution in [3.8, 4) is 5.88 Å². The van der Waals surface area contributed by atoms with Crippen LogP contribution < -0.4 is 15.8 Å². The number of ketones is 1. The fourth-order valence-corrected chi connectivity index (χ4v) is 3.32. The van der Waals surface area contributed by atoms with E-state index in [9.17, 15) is 14.4 Å². The molecule has 1 saturated carbocycles. The lowest BCUT2D eigenvalue weighted by Crippen LogP contribution is -2.45. The van der Waals surface area contributed by atoms with Gasteiger partial charge in [-0.2, -0.15) is 0 Å². The first-order chi connectivity index (χ1) is 14.1. The highest BCUT2D eigenvalue weighted by atomic mass is 16.6. The minimum Gasteiger partial charge on any atom is -0.474 e. The lowest BCUT2D eigenvalue weighted by molar-refractivity contribution is -0.175. The summed E-state index contributed by atoms with van der Waals surface area (Å²) in [5, 5.41) is 2.43. The Balaban J connectivity index is 1.93. The van der Waals surface area contributed by atoms with Crippen molar-refractivity contribution in [1.82, 2.24) is 4.98 Å². The second-order valence-corrected chi connectivity index (χ2v) is 8.50. The van der Waals surface area contributed by atoms with E-state index >= 15 is 0 Å². The number of esters is 1. The Labute approximate surface area is 176 Å². The molecular weight excluding hydrogens is 390 g/mol. The lowest BCUT2D eigenvalue weighted by Gasteiger charge is -2.39. The summed E-state index contributed by atoms with van der Waals surface area (Å²) in [5.74, 6) is -1.32. The number of nitrogens with two attached hydrogens (primary N) is 1. The van der Waals surface area contributed by atoms with Crippen LogP contribution in [0.1, 0.15) is 46.5 Å². The van der Waals surface area contributed by atoms with Crippen molar-refractivity contribution in [1.29, 1.82) is 0 Å². The predicted octanol–water partition coefficient (Wildman–Crippen LogP) is 1.84. The molecule has 0 aromatic carbocycles. The summed E-state index contributed by atoms with van der Waals surface area (Å²) in [6, 6.07) is 3.22. The first-order valence-corrected chi connectivity index (χ1v) is 9.98. The summed E-state index contributed by atoms with van der Waals surface area (Å²) in [6.45, 7) is 5.51. The molecule has 1 aromatic rings. The summed E-state index contributed by atoms with van der Waals surface area (Å²) in [6.07, 6.45) is 3.83. The van der Waals surface area contributed by atoms with E-state index in [1.807, 2.05) is 20.8 Å². The van der Waals surface area contributed by atoms with E-state index in [0.717, 1.165) is 0 Å². The molecule has 3 N–H and O–H groups in total. The number of carbonyl (C=O) groups excluding carboxylic acids is 3. The van der Waals surface area contributed by atoms with Gasteiger partial charge in [-0.3, -0.25) is 14.4 Å². The molecule has 0 atom stereocenters. The van der Waals surface area contributed by atoms with Gasteiger partial charge < -0.3 is 25.3 Å². The van der Waals surface area contributed by atoms with Gasteiger partial charge in [-0.15, -0.1) is 0 Å². The second kappa shape index (κ2) is 9.99. The van der Waals surface area contributed by atoms with Gasteiger partial charge in [0.25, 0.3) is 5.91 Å². The van der Waals surface area contributed by atoms with Crippen LogP contribution in [0.2, 0.25) is 0 Å². The average Bonchev–Trinajstić information content (AvgIpc) is 2.69. The fraction of sp³-hybridized carbons (Fsp3) is 0.619. The van der Waals surface area contributed by atoms with Crippen molar-refractivity contribution in [3.63, 3.8) is 0 Å². The van der Waals surface area contributed by atoms with Crippen LogP contribution in [-0.4, -0.2) is 54.6 Å². The quantitative estimate of drug-likeness (QED) is 0.480. The van der Waals surface area contributed by atoms with Gasteiger partial charge in [0.15, 0.2) is 0 Å². The van der Waals surface area contributed by atoms with Gasteiger partial charge in [-0.05, 0) is 52.5 Å². The Morgan fingerprint density at radius 2 is 1.90 bits per heavy atom. The maximum atomic E-state index is 12.8. The van der Waals surface area contributed by atoms with Gasteiger partial charge in [0, 0.05) is 13.2 Å². The van der Waals surface area contributed by atoms with Crippen LogP contribution in [0.5, 0.6) is 5.88 Å². The number of anilines is 1. The molecule has 1 aliphatic rings. The van der Waals surface area contributed by atoms with Crippen LogP contribution in [0.4, 0.5) is 5.69 Å². The van der Waals surface area contributed by atoms with E-state index < -0.39 is 22.7 Å². The zero-order valence-corrected chi connectivity index (χ0v) is 18.0. The molecule has 1 heterocycles. The first kappa shape index (κ1) is 23.8. The van der Waals surface area contributed by atoms with Gasteiger partial charge in [-0.1, -0.05) is 0 Å². The highest BCUT2D eigenvalue weighted by Crippen LogP contribution is 2.40. The summed E-state index contributed by atoms with van der Waals surface area (Å²) in [5.41, 5.74) is 4.31. The number of carbonyl (C=O) groups is 3. The number of hydrogen-bond acceptors (Lipinski definition) is 8. The minimum atomic E-state index is -0.781. The molecule has 30 heavy (non-hydrogen) atoms. The Kier molecular flexibility index (Phi) is 7.91. The molecule has 9 heteroatoms. The second-order valence-electron chi connectivity index (χ2n) is 8.50. The highest BCUT2D eigenvalue weighted by molar-refractivity contribution is 6.41. The molecular formula is C21H31N3O6. The van der Waals surface area contributed by atoms with E-state index in [0.29, 0.717) is 43.9 Å². The number of amides is 1. The number of Topliss-reactive ketones (excluding diaryl/α,β-unsaturated/α-hetero) is 1. The highest BCUT2D eigenvalue weighted by Gasteiger charge is 2.45. The van der Waals surface area contributed by atoms with E-state index in [1.165, 1.54) is 6.20 Å². The van der Waals surface area contributed by atoms with Crippen LogP contribution in [0, 0.1) is 5.41 Å². The maximum Gasteiger partial charge on any atom is 0.314 e. The zero-order valence-electron chi connectivity index (χ0n) is 18.0. The third-order valence-corrected chi connectivity index (χ3v) is 4.86. The van der Waals surface area contributed by atoms with Gasteiger partial charge in [0.05, 0.1) is 30.5 Å². The number of methoxy groups -OCH3 is 1. The molecule has 1 aliphatic carbocycles. The van der Waals surface area contributed by atoms with Gasteiger partial charge >= 0.3 is 5.97 Å². The fourth-order valence-electron chi connectivity index (χ4n) is 3.32. The smallest absolute Gasteiger partial charge is 0.314 e. The van der Waals surface area contributed by atoms with Gasteiger partial charge in [0.1, 0.15) is 11.7 Å². The summed E-state index contributed by atoms with van der Waals surface area (Å²) >= 11 is 0. The molecule has 1 fully saturated rings. The van der Waals surface area contributed by atoms with Crippen molar-refractivity contribution in [2.45, 2.75) is 58.2 Å². The SMILES string of the molecule is COCC1(C(=O)OC(C)(C)C)CCC(Oc2ccc(NC(=O)C(=O)CN)cn2)CC1. The van der Waals surface area contributed by atoms with Crippen LogP contribution in [-0.2, 0) is 23.9 Å². The monoisotopic (exact) mass is 421 g/mol. The topological polar surface area (TPSA) is 130 Å². The lowest BCUT2D eigenvalue weighted by atomic mass is 9.73. The van der Waals surface area contributed by atoms with Gasteiger partial charge in [0.2, 0.25) is 11.7 Å².